The van der Waals surface area contributed by atoms with Crippen LogP contribution in [0.25, 0.3) is 33.2 Å². The van der Waals surface area contributed by atoms with Gasteiger partial charge in [-0.05, 0) is 38.1 Å². The third-order valence-corrected chi connectivity index (χ3v) is 5.89. The van der Waals surface area contributed by atoms with E-state index in [0.717, 1.165) is 5.56 Å². The highest BCUT2D eigenvalue weighted by atomic mass is 16.3. The lowest BCUT2D eigenvalue weighted by molar-refractivity contribution is 0.0962. The number of hydrogen-bond acceptors (Lipinski definition) is 6. The van der Waals surface area contributed by atoms with Gasteiger partial charge in [0.1, 0.15) is 5.76 Å². The third kappa shape index (κ3) is 3.85. The van der Waals surface area contributed by atoms with Crippen LogP contribution in [0.4, 0.5) is 5.95 Å². The summed E-state index contributed by atoms with van der Waals surface area (Å²) < 4.78 is 7.56. The Morgan fingerprint density at radius 2 is 1.66 bits per heavy atom. The smallest absolute Gasteiger partial charge is 0.273 e. The molecule has 0 aliphatic carbocycles. The Balaban J connectivity index is 1.54. The molecule has 2 aromatic heterocycles. The number of nitrogens with one attached hydrogen (secondary N) is 2. The molecule has 0 radical (unpaired) electrons. The van der Waals surface area contributed by atoms with Crippen molar-refractivity contribution in [2.24, 2.45) is 0 Å². The maximum atomic E-state index is 13.2. The van der Waals surface area contributed by atoms with Crippen molar-refractivity contribution in [3.05, 3.63) is 105 Å². The average molecular weight is 466 g/mol. The molecule has 35 heavy (non-hydrogen) atoms. The zero-order valence-corrected chi connectivity index (χ0v) is 19.2. The summed E-state index contributed by atoms with van der Waals surface area (Å²) in [5, 5.41) is 0.801. The van der Waals surface area contributed by atoms with Crippen LogP contribution in [0.2, 0.25) is 0 Å². The number of aromatic nitrogens is 2. The lowest BCUT2D eigenvalue weighted by Gasteiger charge is -2.15. The van der Waals surface area contributed by atoms with Crippen molar-refractivity contribution in [1.82, 2.24) is 15.0 Å². The molecule has 5 rings (SSSR count). The molecule has 0 atom stereocenters. The van der Waals surface area contributed by atoms with Crippen LogP contribution in [-0.2, 0) is 6.54 Å². The van der Waals surface area contributed by atoms with Crippen molar-refractivity contribution in [3.63, 3.8) is 0 Å². The first-order valence-corrected chi connectivity index (χ1v) is 11.2. The summed E-state index contributed by atoms with van der Waals surface area (Å²) in [7, 11) is 0. The Hall–Kier alpha value is -4.72. The van der Waals surface area contributed by atoms with Crippen molar-refractivity contribution >= 4 is 33.7 Å². The van der Waals surface area contributed by atoms with Crippen LogP contribution in [0.3, 0.4) is 0 Å². The molecule has 174 valence electrons. The number of hydrogen-bond donors (Lipinski definition) is 2. The number of hydrazine groups is 1. The van der Waals surface area contributed by atoms with E-state index in [1.54, 1.807) is 49.4 Å². The fraction of sp³-hybridized carbons (Fsp3) is 0.111. The first-order valence-electron chi connectivity index (χ1n) is 11.2. The molecule has 8 nitrogen and oxygen atoms in total. The van der Waals surface area contributed by atoms with Gasteiger partial charge in [0.25, 0.3) is 11.5 Å². The fourth-order valence-corrected chi connectivity index (χ4v) is 4.09. The molecule has 2 heterocycles. The molecule has 0 bridgehead atoms. The molecule has 1 amide bonds. The van der Waals surface area contributed by atoms with Crippen LogP contribution in [-0.4, -0.2) is 15.5 Å². The highest BCUT2D eigenvalue weighted by molar-refractivity contribution is 6.05. The summed E-state index contributed by atoms with van der Waals surface area (Å²) in [4.78, 5) is 43.5. The van der Waals surface area contributed by atoms with Crippen LogP contribution in [0, 0.1) is 6.92 Å². The maximum Gasteiger partial charge on any atom is 0.273 e. The monoisotopic (exact) mass is 466 g/mol. The highest BCUT2D eigenvalue weighted by Crippen LogP contribution is 2.27. The second-order valence-electron chi connectivity index (χ2n) is 8.01. The molecule has 5 aromatic rings. The maximum absolute atomic E-state index is 13.2. The van der Waals surface area contributed by atoms with E-state index in [1.807, 2.05) is 37.3 Å². The van der Waals surface area contributed by atoms with Gasteiger partial charge in [0, 0.05) is 17.7 Å². The van der Waals surface area contributed by atoms with E-state index in [4.69, 9.17) is 4.42 Å². The van der Waals surface area contributed by atoms with Gasteiger partial charge < -0.3 is 4.42 Å². The summed E-state index contributed by atoms with van der Waals surface area (Å²) in [5.41, 5.74) is 7.01. The van der Waals surface area contributed by atoms with Crippen molar-refractivity contribution in [1.29, 1.82) is 0 Å². The Morgan fingerprint density at radius 1 is 0.943 bits per heavy atom. The average Bonchev–Trinajstić information content (AvgIpc) is 2.89. The number of carbonyl (C=O) groups is 1. The number of rotatable bonds is 5. The number of amides is 1. The molecule has 3 aromatic carbocycles. The van der Waals surface area contributed by atoms with Gasteiger partial charge in [0.05, 0.1) is 21.9 Å². The molecule has 0 unspecified atom stereocenters. The molecule has 0 spiro atoms. The summed E-state index contributed by atoms with van der Waals surface area (Å²) in [6.07, 6.45) is 0. The van der Waals surface area contributed by atoms with Gasteiger partial charge in [-0.2, -0.15) is 0 Å². The first-order chi connectivity index (χ1) is 17.0. The minimum Gasteiger partial charge on any atom is -0.455 e. The lowest BCUT2D eigenvalue weighted by Crippen LogP contribution is -2.34. The molecule has 0 fully saturated rings. The molecular formula is C27H22N4O4. The second kappa shape index (κ2) is 8.90. The van der Waals surface area contributed by atoms with E-state index in [1.165, 1.54) is 4.57 Å². The summed E-state index contributed by atoms with van der Waals surface area (Å²) in [6.45, 7) is 3.88. The first kappa shape index (κ1) is 22.1. The summed E-state index contributed by atoms with van der Waals surface area (Å²) in [5.74, 6) is 0.0751. The van der Waals surface area contributed by atoms with Gasteiger partial charge in [0.2, 0.25) is 5.95 Å². The van der Waals surface area contributed by atoms with Crippen LogP contribution in [0.1, 0.15) is 22.8 Å². The van der Waals surface area contributed by atoms with Crippen LogP contribution in [0.5, 0.6) is 0 Å². The van der Waals surface area contributed by atoms with Gasteiger partial charge in [0.15, 0.2) is 11.0 Å². The van der Waals surface area contributed by atoms with E-state index in [-0.39, 0.29) is 28.1 Å². The predicted molar refractivity (Wildman–Crippen MR) is 135 cm³/mol. The van der Waals surface area contributed by atoms with E-state index in [9.17, 15) is 14.4 Å². The quantitative estimate of drug-likeness (QED) is 0.375. The number of carbonyl (C=O) groups excluding carboxylic acids is 1. The molecular weight excluding hydrogens is 444 g/mol. The van der Waals surface area contributed by atoms with E-state index >= 15 is 0 Å². The Bertz CT molecular complexity index is 1700. The Morgan fingerprint density at radius 3 is 2.43 bits per heavy atom. The van der Waals surface area contributed by atoms with Gasteiger partial charge in [-0.15, -0.1) is 0 Å². The van der Waals surface area contributed by atoms with Crippen LogP contribution >= 0.6 is 0 Å². The van der Waals surface area contributed by atoms with E-state index in [0.29, 0.717) is 34.2 Å². The van der Waals surface area contributed by atoms with E-state index in [2.05, 4.69) is 15.8 Å². The fourth-order valence-electron chi connectivity index (χ4n) is 4.09. The normalized spacial score (nSPS) is 11.0. The van der Waals surface area contributed by atoms with Gasteiger partial charge in [-0.1, -0.05) is 48.5 Å². The topological polar surface area (TPSA) is 106 Å². The number of benzene rings is 3. The lowest BCUT2D eigenvalue weighted by atomic mass is 10.0. The third-order valence-electron chi connectivity index (χ3n) is 5.89. The highest BCUT2D eigenvalue weighted by Gasteiger charge is 2.19. The number of fused-ring (bicyclic) bond motifs is 2. The van der Waals surface area contributed by atoms with Crippen molar-refractivity contribution in [3.8, 4) is 11.3 Å². The van der Waals surface area contributed by atoms with Gasteiger partial charge >= 0.3 is 0 Å². The number of nitrogens with zero attached hydrogens (tertiary/aromatic N) is 2. The van der Waals surface area contributed by atoms with Crippen molar-refractivity contribution in [2.75, 3.05) is 5.43 Å². The number of anilines is 1. The van der Waals surface area contributed by atoms with Crippen LogP contribution in [0.15, 0.2) is 86.8 Å². The zero-order chi connectivity index (χ0) is 24.5. The van der Waals surface area contributed by atoms with Gasteiger partial charge in [-0.25, -0.2) is 4.98 Å². The summed E-state index contributed by atoms with van der Waals surface area (Å²) >= 11 is 0. The zero-order valence-electron chi connectivity index (χ0n) is 19.2. The molecule has 2 N–H and O–H groups in total. The van der Waals surface area contributed by atoms with Crippen molar-refractivity contribution in [2.45, 2.75) is 20.4 Å². The van der Waals surface area contributed by atoms with Crippen molar-refractivity contribution < 1.29 is 9.21 Å². The second-order valence-corrected chi connectivity index (χ2v) is 8.01. The molecule has 0 aliphatic heterocycles. The molecule has 0 saturated carbocycles. The minimum absolute atomic E-state index is 0.176. The molecule has 8 heteroatoms. The number of para-hydroxylation sites is 2. The summed E-state index contributed by atoms with van der Waals surface area (Å²) in [6, 6.07) is 21.1. The van der Waals surface area contributed by atoms with Gasteiger partial charge in [-0.3, -0.25) is 29.8 Å². The van der Waals surface area contributed by atoms with E-state index < -0.39 is 5.91 Å². The molecule has 0 aliphatic rings. The minimum atomic E-state index is -0.535. The molecule has 0 saturated heterocycles. The largest absolute Gasteiger partial charge is 0.455 e. The Labute approximate surface area is 199 Å². The SMILES string of the molecule is CCn1c(NNC(=O)c2cccc3c(=O)c(C)c(-c4ccccc4)oc23)nc2ccccc2c1=O. The van der Waals surface area contributed by atoms with Crippen LogP contribution < -0.4 is 21.8 Å². The Kier molecular flexibility index (Phi) is 5.62. The standard InChI is InChI=1S/C27H22N4O4/c1-3-31-26(34)18-12-7-8-15-21(18)28-27(31)30-29-25(33)20-14-9-13-19-22(32)16(2)23(35-24(19)20)17-10-5-4-6-11-17/h4-15H,3H2,1-2H3,(H,28,30)(H,29,33). The predicted octanol–water partition coefficient (Wildman–Crippen LogP) is 4.26.